The van der Waals surface area contributed by atoms with Crippen LogP contribution in [0, 0.1) is 6.92 Å². The molecule has 0 saturated carbocycles. The van der Waals surface area contributed by atoms with Crippen LogP contribution < -0.4 is 0 Å². The first-order valence-corrected chi connectivity index (χ1v) is 6.91. The fraction of sp³-hybridized carbons (Fsp3) is 0.500. The molecule has 2 nitrogen and oxygen atoms in total. The van der Waals surface area contributed by atoms with Crippen LogP contribution in [0.25, 0.3) is 6.08 Å². The normalized spacial score (nSPS) is 20.5. The second-order valence-electron chi connectivity index (χ2n) is 5.22. The van der Waals surface area contributed by atoms with Crippen molar-refractivity contribution in [1.82, 2.24) is 0 Å². The fourth-order valence-corrected chi connectivity index (χ4v) is 2.68. The van der Waals surface area contributed by atoms with E-state index >= 15 is 0 Å². The second kappa shape index (κ2) is 6.20. The van der Waals surface area contributed by atoms with Crippen LogP contribution in [0.15, 0.2) is 18.7 Å². The van der Waals surface area contributed by atoms with Crippen LogP contribution >= 0.6 is 0 Å². The zero-order valence-electron chi connectivity index (χ0n) is 12.2. The van der Waals surface area contributed by atoms with Crippen LogP contribution in [-0.2, 0) is 15.7 Å². The summed E-state index contributed by atoms with van der Waals surface area (Å²) in [6.45, 7) is 8.08. The van der Waals surface area contributed by atoms with Crippen molar-refractivity contribution < 1.29 is 22.6 Å². The average Bonchev–Trinajstić information content (AvgIpc) is 2.89. The van der Waals surface area contributed by atoms with E-state index in [2.05, 4.69) is 6.58 Å². The largest absolute Gasteiger partial charge is 0.416 e. The molecule has 1 aliphatic rings. The van der Waals surface area contributed by atoms with E-state index in [9.17, 15) is 13.2 Å². The molecule has 0 spiro atoms. The molecule has 0 bridgehead atoms. The minimum absolute atomic E-state index is 0.153. The van der Waals surface area contributed by atoms with Gasteiger partial charge in [-0.1, -0.05) is 18.7 Å². The Bertz CT molecular complexity index is 517. The predicted octanol–water partition coefficient (Wildman–Crippen LogP) is 4.52. The molecule has 1 aliphatic heterocycles. The third-order valence-corrected chi connectivity index (χ3v) is 3.71. The molecular weight excluding hydrogens is 281 g/mol. The van der Waals surface area contributed by atoms with Gasteiger partial charge in [-0.25, -0.2) is 0 Å². The Kier molecular flexibility index (Phi) is 4.74. The monoisotopic (exact) mass is 300 g/mol. The first-order valence-electron chi connectivity index (χ1n) is 6.91. The molecule has 2 atom stereocenters. The van der Waals surface area contributed by atoms with E-state index in [1.165, 1.54) is 12.1 Å². The van der Waals surface area contributed by atoms with E-state index in [1.54, 1.807) is 13.8 Å². The summed E-state index contributed by atoms with van der Waals surface area (Å²) in [6.07, 6.45) is -3.06. The van der Waals surface area contributed by atoms with E-state index < -0.39 is 17.8 Å². The van der Waals surface area contributed by atoms with Gasteiger partial charge in [-0.2, -0.15) is 13.2 Å². The number of aryl methyl sites for hydroxylation is 1. The Hall–Kier alpha value is -1.33. The molecule has 0 N–H and O–H groups in total. The highest BCUT2D eigenvalue weighted by molar-refractivity contribution is 5.59. The molecule has 5 heteroatoms. The van der Waals surface area contributed by atoms with E-state index in [1.807, 2.05) is 0 Å². The van der Waals surface area contributed by atoms with Crippen molar-refractivity contribution in [2.24, 2.45) is 0 Å². The van der Waals surface area contributed by atoms with Crippen LogP contribution in [0.1, 0.15) is 41.7 Å². The van der Waals surface area contributed by atoms with Gasteiger partial charge in [-0.05, 0) is 37.5 Å². The number of alkyl halides is 3. The van der Waals surface area contributed by atoms with Gasteiger partial charge in [0.2, 0.25) is 0 Å². The van der Waals surface area contributed by atoms with Crippen molar-refractivity contribution in [1.29, 1.82) is 0 Å². The van der Waals surface area contributed by atoms with Gasteiger partial charge >= 0.3 is 6.18 Å². The number of ether oxygens (including phenoxy) is 2. The zero-order chi connectivity index (χ0) is 15.6. The summed E-state index contributed by atoms with van der Waals surface area (Å²) in [5, 5.41) is 0. The van der Waals surface area contributed by atoms with Gasteiger partial charge < -0.3 is 9.47 Å². The van der Waals surface area contributed by atoms with E-state index in [0.29, 0.717) is 25.2 Å². The number of halogens is 3. The summed E-state index contributed by atoms with van der Waals surface area (Å²) in [6, 6.07) is 2.58. The van der Waals surface area contributed by atoms with Crippen molar-refractivity contribution in [2.75, 3.05) is 13.2 Å². The van der Waals surface area contributed by atoms with Crippen LogP contribution in [0.3, 0.4) is 0 Å². The number of rotatable bonds is 4. The third kappa shape index (κ3) is 3.47. The lowest BCUT2D eigenvalue weighted by atomic mass is 9.92. The Morgan fingerprint density at radius 2 is 2.14 bits per heavy atom. The Morgan fingerprint density at radius 1 is 1.43 bits per heavy atom. The molecule has 1 aromatic carbocycles. The quantitative estimate of drug-likeness (QED) is 0.813. The smallest absolute Gasteiger partial charge is 0.379 e. The first-order chi connectivity index (χ1) is 9.84. The van der Waals surface area contributed by atoms with Gasteiger partial charge in [0.1, 0.15) is 0 Å². The van der Waals surface area contributed by atoms with E-state index in [4.69, 9.17) is 9.47 Å². The predicted molar refractivity (Wildman–Crippen MR) is 75.0 cm³/mol. The van der Waals surface area contributed by atoms with Gasteiger partial charge in [0.05, 0.1) is 24.4 Å². The van der Waals surface area contributed by atoms with Gasteiger partial charge in [-0.15, -0.1) is 0 Å². The van der Waals surface area contributed by atoms with Crippen molar-refractivity contribution in [2.45, 2.75) is 38.7 Å². The first kappa shape index (κ1) is 16.0. The summed E-state index contributed by atoms with van der Waals surface area (Å²) < 4.78 is 50.7. The minimum atomic E-state index is -4.41. The van der Waals surface area contributed by atoms with Crippen molar-refractivity contribution in [3.63, 3.8) is 0 Å². The Balaban J connectivity index is 2.42. The third-order valence-electron chi connectivity index (χ3n) is 3.71. The Morgan fingerprint density at radius 3 is 2.67 bits per heavy atom. The molecule has 0 aliphatic carbocycles. The molecule has 0 amide bonds. The van der Waals surface area contributed by atoms with Gasteiger partial charge in [-0.3, -0.25) is 0 Å². The van der Waals surface area contributed by atoms with Crippen LogP contribution in [0.5, 0.6) is 0 Å². The van der Waals surface area contributed by atoms with Crippen LogP contribution in [0.2, 0.25) is 0 Å². The summed E-state index contributed by atoms with van der Waals surface area (Å²) in [5.41, 5.74) is 0.751. The molecule has 21 heavy (non-hydrogen) atoms. The highest BCUT2D eigenvalue weighted by atomic mass is 19.4. The maximum atomic E-state index is 13.3. The maximum Gasteiger partial charge on any atom is 0.416 e. The molecular formula is C16H19F3O2. The zero-order valence-corrected chi connectivity index (χ0v) is 12.2. The van der Waals surface area contributed by atoms with E-state index in [-0.39, 0.29) is 11.7 Å². The van der Waals surface area contributed by atoms with Gasteiger partial charge in [0.15, 0.2) is 0 Å². The SMILES string of the molecule is C=Cc1c(C)ccc(C(F)(F)F)c1C(C)O[C@H]1CCOC1. The number of benzene rings is 1. The molecule has 2 rings (SSSR count). The molecule has 1 saturated heterocycles. The Labute approximate surface area is 122 Å². The lowest BCUT2D eigenvalue weighted by Gasteiger charge is -2.24. The summed E-state index contributed by atoms with van der Waals surface area (Å²) in [5.74, 6) is 0. The average molecular weight is 300 g/mol. The lowest BCUT2D eigenvalue weighted by molar-refractivity contribution is -0.140. The van der Waals surface area contributed by atoms with Gasteiger partial charge in [0.25, 0.3) is 0 Å². The molecule has 0 radical (unpaired) electrons. The summed E-state index contributed by atoms with van der Waals surface area (Å²) >= 11 is 0. The number of hydrogen-bond donors (Lipinski definition) is 0. The highest BCUT2D eigenvalue weighted by Crippen LogP contribution is 2.39. The van der Waals surface area contributed by atoms with Gasteiger partial charge in [0, 0.05) is 12.2 Å². The minimum Gasteiger partial charge on any atom is -0.379 e. The fourth-order valence-electron chi connectivity index (χ4n) is 2.68. The van der Waals surface area contributed by atoms with Crippen molar-refractivity contribution >= 4 is 6.08 Å². The van der Waals surface area contributed by atoms with Crippen molar-refractivity contribution in [3.05, 3.63) is 41.0 Å². The molecule has 0 aromatic heterocycles. The molecule has 1 unspecified atom stereocenters. The number of hydrogen-bond acceptors (Lipinski definition) is 2. The van der Waals surface area contributed by atoms with Crippen LogP contribution in [-0.4, -0.2) is 19.3 Å². The van der Waals surface area contributed by atoms with Crippen LogP contribution in [0.4, 0.5) is 13.2 Å². The topological polar surface area (TPSA) is 18.5 Å². The standard InChI is InChI=1S/C16H19F3O2/c1-4-13-10(2)5-6-14(16(17,18)19)15(13)11(3)21-12-7-8-20-9-12/h4-6,11-12H,1,7-9H2,2-3H3/t11?,12-/m0/s1. The maximum absolute atomic E-state index is 13.3. The lowest BCUT2D eigenvalue weighted by Crippen LogP contribution is -2.19. The summed E-state index contributed by atoms with van der Waals surface area (Å²) in [4.78, 5) is 0. The molecule has 1 aromatic rings. The molecule has 1 fully saturated rings. The second-order valence-corrected chi connectivity index (χ2v) is 5.22. The highest BCUT2D eigenvalue weighted by Gasteiger charge is 2.36. The van der Waals surface area contributed by atoms with E-state index in [0.717, 1.165) is 11.6 Å². The van der Waals surface area contributed by atoms with Crippen molar-refractivity contribution in [3.8, 4) is 0 Å². The summed E-state index contributed by atoms with van der Waals surface area (Å²) in [7, 11) is 0. The molecule has 1 heterocycles. The molecule has 116 valence electrons.